The quantitative estimate of drug-likeness (QED) is 0.581. The molecule has 1 saturated carbocycles. The van der Waals surface area contributed by atoms with Crippen LogP contribution in [0.25, 0.3) is 0 Å². The Morgan fingerprint density at radius 1 is 1.50 bits per heavy atom. The van der Waals surface area contributed by atoms with Gasteiger partial charge in [-0.15, -0.1) is 0 Å². The summed E-state index contributed by atoms with van der Waals surface area (Å²) in [4.78, 5) is 22.7. The maximum absolute atomic E-state index is 11.4. The third kappa shape index (κ3) is 4.18. The topological polar surface area (TPSA) is 78.4 Å². The van der Waals surface area contributed by atoms with Crippen LogP contribution >= 0.6 is 0 Å². The highest BCUT2D eigenvalue weighted by Gasteiger charge is 2.38. The molecule has 0 aromatic carbocycles. The lowest BCUT2D eigenvalue weighted by Crippen LogP contribution is -2.37. The van der Waals surface area contributed by atoms with Gasteiger partial charge in [-0.2, -0.15) is 0 Å². The summed E-state index contributed by atoms with van der Waals surface area (Å²) >= 11 is 0. The van der Waals surface area contributed by atoms with Crippen molar-refractivity contribution in [3.63, 3.8) is 0 Å². The fourth-order valence-corrected chi connectivity index (χ4v) is 1.51. The van der Waals surface area contributed by atoms with Crippen LogP contribution in [0.4, 0.5) is 0 Å². The van der Waals surface area contributed by atoms with Crippen molar-refractivity contribution < 1.29 is 14.7 Å². The number of hydrogen-bond donors (Lipinski definition) is 3. The van der Waals surface area contributed by atoms with Gasteiger partial charge in [0, 0.05) is 24.9 Å². The van der Waals surface area contributed by atoms with E-state index in [1.807, 2.05) is 6.92 Å². The number of aliphatic hydroxyl groups excluding tert-OH is 1. The molecule has 5 heteroatoms. The molecule has 0 aliphatic heterocycles. The molecule has 0 spiro atoms. The second kappa shape index (κ2) is 5.84. The minimum atomic E-state index is -0.230. The van der Waals surface area contributed by atoms with Crippen LogP contribution in [0.5, 0.6) is 0 Å². The summed E-state index contributed by atoms with van der Waals surface area (Å²) in [6.07, 6.45) is 1.22. The van der Waals surface area contributed by atoms with Gasteiger partial charge >= 0.3 is 0 Å². The van der Waals surface area contributed by atoms with Gasteiger partial charge in [0.25, 0.3) is 0 Å². The molecule has 92 valence electrons. The molecular formula is C11H20N2O3. The van der Waals surface area contributed by atoms with Gasteiger partial charge in [0.15, 0.2) is 0 Å². The molecule has 1 rings (SSSR count). The first-order valence-electron chi connectivity index (χ1n) is 5.72. The van der Waals surface area contributed by atoms with Crippen LogP contribution in [-0.4, -0.2) is 36.1 Å². The maximum Gasteiger partial charge on any atom is 0.223 e. The Bertz CT molecular complexity index is 268. The van der Waals surface area contributed by atoms with Crippen LogP contribution in [0.2, 0.25) is 0 Å². The first kappa shape index (κ1) is 13.0. The summed E-state index contributed by atoms with van der Waals surface area (Å²) in [5.74, 6) is 0.545. The van der Waals surface area contributed by atoms with Crippen LogP contribution in [-0.2, 0) is 9.59 Å². The third-order valence-electron chi connectivity index (χ3n) is 2.78. The van der Waals surface area contributed by atoms with Crippen LogP contribution in [0.3, 0.4) is 0 Å². The predicted molar refractivity (Wildman–Crippen MR) is 59.6 cm³/mol. The molecule has 5 nitrogen and oxygen atoms in total. The van der Waals surface area contributed by atoms with E-state index in [1.165, 1.54) is 0 Å². The van der Waals surface area contributed by atoms with Crippen molar-refractivity contribution in [3.05, 3.63) is 0 Å². The summed E-state index contributed by atoms with van der Waals surface area (Å²) in [6, 6.07) is -0.230. The van der Waals surface area contributed by atoms with E-state index >= 15 is 0 Å². The van der Waals surface area contributed by atoms with E-state index in [-0.39, 0.29) is 36.8 Å². The Kier molecular flexibility index (Phi) is 4.73. The Morgan fingerprint density at radius 2 is 2.12 bits per heavy atom. The lowest BCUT2D eigenvalue weighted by molar-refractivity contribution is -0.123. The second-order valence-electron chi connectivity index (χ2n) is 4.51. The highest BCUT2D eigenvalue weighted by atomic mass is 16.3. The van der Waals surface area contributed by atoms with Gasteiger partial charge in [-0.1, -0.05) is 6.92 Å². The van der Waals surface area contributed by atoms with Gasteiger partial charge in [0.1, 0.15) is 0 Å². The largest absolute Gasteiger partial charge is 0.394 e. The Hall–Kier alpha value is -1.10. The van der Waals surface area contributed by atoms with Gasteiger partial charge in [0.05, 0.1) is 6.61 Å². The van der Waals surface area contributed by atoms with Gasteiger partial charge in [-0.3, -0.25) is 9.59 Å². The molecule has 16 heavy (non-hydrogen) atoms. The van der Waals surface area contributed by atoms with Crippen LogP contribution in [0.15, 0.2) is 0 Å². The van der Waals surface area contributed by atoms with Crippen molar-refractivity contribution in [2.45, 2.75) is 32.7 Å². The van der Waals surface area contributed by atoms with E-state index < -0.39 is 0 Å². The molecule has 0 heterocycles. The zero-order valence-corrected chi connectivity index (χ0v) is 9.82. The van der Waals surface area contributed by atoms with Crippen molar-refractivity contribution in [3.8, 4) is 0 Å². The average Bonchev–Trinajstić information content (AvgIpc) is 2.95. The number of rotatable bonds is 6. The van der Waals surface area contributed by atoms with Crippen molar-refractivity contribution in [2.24, 2.45) is 11.8 Å². The molecule has 0 radical (unpaired) electrons. The first-order chi connectivity index (χ1) is 7.54. The van der Waals surface area contributed by atoms with Gasteiger partial charge < -0.3 is 15.7 Å². The molecule has 3 atom stereocenters. The number of nitrogens with one attached hydrogen (secondary N) is 2. The summed E-state index contributed by atoms with van der Waals surface area (Å²) in [5, 5.41) is 14.1. The van der Waals surface area contributed by atoms with E-state index in [4.69, 9.17) is 5.11 Å². The monoisotopic (exact) mass is 228 g/mol. The van der Waals surface area contributed by atoms with Gasteiger partial charge in [0.2, 0.25) is 11.8 Å². The number of hydrogen-bond acceptors (Lipinski definition) is 3. The molecular weight excluding hydrogens is 208 g/mol. The SMILES string of the molecule is CC1CC1C(=O)NCCC(=O)N[C@@H](C)CO. The minimum absolute atomic E-state index is 0.0514. The zero-order valence-electron chi connectivity index (χ0n) is 9.82. The number of carbonyl (C=O) groups is 2. The highest BCUT2D eigenvalue weighted by molar-refractivity contribution is 5.82. The molecule has 2 amide bonds. The van der Waals surface area contributed by atoms with Gasteiger partial charge in [-0.25, -0.2) is 0 Å². The number of carbonyl (C=O) groups excluding carboxylic acids is 2. The Labute approximate surface area is 95.6 Å². The summed E-state index contributed by atoms with van der Waals surface area (Å²) in [5.41, 5.74) is 0. The molecule has 0 bridgehead atoms. The summed E-state index contributed by atoms with van der Waals surface area (Å²) in [6.45, 7) is 4.06. The van der Waals surface area contributed by atoms with Crippen molar-refractivity contribution in [1.82, 2.24) is 10.6 Å². The molecule has 0 saturated heterocycles. The number of amides is 2. The molecule has 2 unspecified atom stereocenters. The second-order valence-corrected chi connectivity index (χ2v) is 4.51. The Morgan fingerprint density at radius 3 is 2.62 bits per heavy atom. The zero-order chi connectivity index (χ0) is 12.1. The van der Waals surface area contributed by atoms with E-state index in [2.05, 4.69) is 10.6 Å². The maximum atomic E-state index is 11.4. The average molecular weight is 228 g/mol. The van der Waals surface area contributed by atoms with Crippen LogP contribution < -0.4 is 10.6 Å². The fourth-order valence-electron chi connectivity index (χ4n) is 1.51. The number of aliphatic hydroxyl groups is 1. The van der Waals surface area contributed by atoms with Crippen molar-refractivity contribution in [2.75, 3.05) is 13.2 Å². The highest BCUT2D eigenvalue weighted by Crippen LogP contribution is 2.37. The Balaban J connectivity index is 2.06. The minimum Gasteiger partial charge on any atom is -0.394 e. The van der Waals surface area contributed by atoms with Crippen molar-refractivity contribution in [1.29, 1.82) is 0 Å². The third-order valence-corrected chi connectivity index (χ3v) is 2.78. The molecule has 1 aliphatic rings. The first-order valence-corrected chi connectivity index (χ1v) is 5.72. The summed E-state index contributed by atoms with van der Waals surface area (Å²) in [7, 11) is 0. The lowest BCUT2D eigenvalue weighted by Gasteiger charge is -2.10. The molecule has 3 N–H and O–H groups in total. The summed E-state index contributed by atoms with van der Waals surface area (Å²) < 4.78 is 0. The van der Waals surface area contributed by atoms with E-state index in [9.17, 15) is 9.59 Å². The molecule has 1 fully saturated rings. The standard InChI is InChI=1S/C11H20N2O3/c1-7-5-9(7)11(16)12-4-3-10(15)13-8(2)6-14/h7-9,14H,3-6H2,1-2H3,(H,12,16)(H,13,15)/t7?,8-,9?/m0/s1. The normalized spacial score (nSPS) is 24.7. The lowest BCUT2D eigenvalue weighted by atomic mass is 10.3. The van der Waals surface area contributed by atoms with E-state index in [0.717, 1.165) is 6.42 Å². The van der Waals surface area contributed by atoms with Gasteiger partial charge in [-0.05, 0) is 19.3 Å². The van der Waals surface area contributed by atoms with E-state index in [1.54, 1.807) is 6.92 Å². The van der Waals surface area contributed by atoms with Crippen molar-refractivity contribution >= 4 is 11.8 Å². The van der Waals surface area contributed by atoms with Crippen LogP contribution in [0.1, 0.15) is 26.7 Å². The smallest absolute Gasteiger partial charge is 0.223 e. The molecule has 0 aromatic rings. The molecule has 0 aromatic heterocycles. The van der Waals surface area contributed by atoms with Crippen LogP contribution in [0, 0.1) is 11.8 Å². The van der Waals surface area contributed by atoms with E-state index in [0.29, 0.717) is 12.5 Å². The predicted octanol–water partition coefficient (Wildman–Crippen LogP) is -0.354. The fraction of sp³-hybridized carbons (Fsp3) is 0.818. The molecule has 1 aliphatic carbocycles.